The predicted molar refractivity (Wildman–Crippen MR) is 101 cm³/mol. The van der Waals surface area contributed by atoms with Gasteiger partial charge in [0.1, 0.15) is 11.6 Å². The lowest BCUT2D eigenvalue weighted by atomic mass is 10.1. The zero-order chi connectivity index (χ0) is 19.4. The van der Waals surface area contributed by atoms with Crippen molar-refractivity contribution in [3.05, 3.63) is 64.9 Å². The van der Waals surface area contributed by atoms with Crippen molar-refractivity contribution in [1.29, 1.82) is 0 Å². The topological polar surface area (TPSA) is 63.7 Å². The van der Waals surface area contributed by atoms with E-state index in [9.17, 15) is 17.6 Å². The molecule has 5 nitrogen and oxygen atoms in total. The predicted octanol–water partition coefficient (Wildman–Crippen LogP) is 3.07. The van der Waals surface area contributed by atoms with Crippen molar-refractivity contribution in [3.8, 4) is 5.75 Å². The van der Waals surface area contributed by atoms with Crippen molar-refractivity contribution < 1.29 is 22.3 Å². The molecule has 2 aromatic carbocycles. The van der Waals surface area contributed by atoms with Crippen LogP contribution in [-0.4, -0.2) is 43.4 Å². The highest BCUT2D eigenvalue weighted by Crippen LogP contribution is 2.22. The van der Waals surface area contributed by atoms with Gasteiger partial charge < -0.3 is 9.64 Å². The summed E-state index contributed by atoms with van der Waals surface area (Å²) in [7, 11) is -3.15. The van der Waals surface area contributed by atoms with E-state index in [1.54, 1.807) is 18.2 Å². The minimum atomic E-state index is -3.15. The molecule has 0 N–H and O–H groups in total. The van der Waals surface area contributed by atoms with Gasteiger partial charge in [-0.05, 0) is 48.4 Å². The Morgan fingerprint density at radius 1 is 1.22 bits per heavy atom. The highest BCUT2D eigenvalue weighted by Gasteiger charge is 2.34. The van der Waals surface area contributed by atoms with Crippen molar-refractivity contribution in [2.45, 2.75) is 19.0 Å². The molecule has 1 fully saturated rings. The smallest absolute Gasteiger partial charge is 0.261 e. The Morgan fingerprint density at radius 3 is 2.59 bits per heavy atom. The molecule has 1 amide bonds. The molecule has 1 heterocycles. The third-order valence-corrected chi connectivity index (χ3v) is 6.37. The molecule has 0 bridgehead atoms. The van der Waals surface area contributed by atoms with Crippen molar-refractivity contribution in [1.82, 2.24) is 4.90 Å². The Kier molecular flexibility index (Phi) is 6.01. The van der Waals surface area contributed by atoms with Gasteiger partial charge in [0.25, 0.3) is 5.91 Å². The van der Waals surface area contributed by atoms with E-state index in [0.717, 1.165) is 5.56 Å². The van der Waals surface area contributed by atoms with E-state index in [-0.39, 0.29) is 30.6 Å². The maximum Gasteiger partial charge on any atom is 0.261 e. The fourth-order valence-corrected chi connectivity index (χ4v) is 4.98. The van der Waals surface area contributed by atoms with Crippen LogP contribution < -0.4 is 4.74 Å². The van der Waals surface area contributed by atoms with Crippen LogP contribution in [0, 0.1) is 5.82 Å². The van der Waals surface area contributed by atoms with E-state index in [1.165, 1.54) is 29.2 Å². The van der Waals surface area contributed by atoms with E-state index in [0.29, 0.717) is 17.2 Å². The lowest BCUT2D eigenvalue weighted by Gasteiger charge is -2.28. The SMILES string of the molecule is O=C(COc1ccc(F)cc1)N(Cc1cccc(Cl)c1)C1CCS(=O)(=O)C1. The molecule has 1 unspecified atom stereocenters. The van der Waals surface area contributed by atoms with Crippen LogP contribution in [0.15, 0.2) is 48.5 Å². The molecule has 0 radical (unpaired) electrons. The van der Waals surface area contributed by atoms with E-state index < -0.39 is 21.7 Å². The highest BCUT2D eigenvalue weighted by molar-refractivity contribution is 7.91. The molecule has 0 saturated carbocycles. The zero-order valence-electron chi connectivity index (χ0n) is 14.5. The minimum Gasteiger partial charge on any atom is -0.484 e. The van der Waals surface area contributed by atoms with Crippen molar-refractivity contribution in [3.63, 3.8) is 0 Å². The summed E-state index contributed by atoms with van der Waals surface area (Å²) in [6.07, 6.45) is 0.394. The zero-order valence-corrected chi connectivity index (χ0v) is 16.0. The molecule has 1 aliphatic heterocycles. The van der Waals surface area contributed by atoms with Gasteiger partial charge in [-0.3, -0.25) is 4.79 Å². The molecule has 3 rings (SSSR count). The largest absolute Gasteiger partial charge is 0.484 e. The quantitative estimate of drug-likeness (QED) is 0.732. The second kappa shape index (κ2) is 8.27. The molecular weight excluding hydrogens is 393 g/mol. The van der Waals surface area contributed by atoms with Gasteiger partial charge in [0.2, 0.25) is 0 Å². The normalized spacial score (nSPS) is 18.2. The molecule has 0 aromatic heterocycles. The van der Waals surface area contributed by atoms with Crippen LogP contribution in [0.4, 0.5) is 4.39 Å². The van der Waals surface area contributed by atoms with E-state index >= 15 is 0 Å². The lowest BCUT2D eigenvalue weighted by Crippen LogP contribution is -2.43. The molecular formula is C19H19ClFNO4S. The summed E-state index contributed by atoms with van der Waals surface area (Å²) in [4.78, 5) is 14.3. The minimum absolute atomic E-state index is 0.0597. The number of ether oxygens (including phenoxy) is 1. The summed E-state index contributed by atoms with van der Waals surface area (Å²) < 4.78 is 42.1. The number of carbonyl (C=O) groups excluding carboxylic acids is 1. The molecule has 1 atom stereocenters. The van der Waals surface area contributed by atoms with Crippen molar-refractivity contribution >= 4 is 27.3 Å². The fraction of sp³-hybridized carbons (Fsp3) is 0.316. The Labute approximate surface area is 162 Å². The highest BCUT2D eigenvalue weighted by atomic mass is 35.5. The van der Waals surface area contributed by atoms with Gasteiger partial charge in [0.05, 0.1) is 11.5 Å². The third-order valence-electron chi connectivity index (χ3n) is 4.39. The summed E-state index contributed by atoms with van der Waals surface area (Å²) in [6.45, 7) is -0.0187. The number of hydrogen-bond donors (Lipinski definition) is 0. The summed E-state index contributed by atoms with van der Waals surface area (Å²) >= 11 is 6.01. The number of halogens is 2. The maximum atomic E-state index is 13.0. The number of carbonyl (C=O) groups is 1. The number of nitrogens with zero attached hydrogens (tertiary/aromatic N) is 1. The van der Waals surface area contributed by atoms with Gasteiger partial charge >= 0.3 is 0 Å². The van der Waals surface area contributed by atoms with Gasteiger partial charge in [0.15, 0.2) is 16.4 Å². The number of sulfone groups is 1. The Hall–Kier alpha value is -2.12. The van der Waals surface area contributed by atoms with Crippen LogP contribution in [0.2, 0.25) is 5.02 Å². The standard InChI is InChI=1S/C19H19ClFNO4S/c20-15-3-1-2-14(10-15)11-22(17-8-9-27(24,25)13-17)19(23)12-26-18-6-4-16(21)5-7-18/h1-7,10,17H,8-9,11-13H2. The van der Waals surface area contributed by atoms with Crippen LogP contribution in [0.25, 0.3) is 0 Å². The van der Waals surface area contributed by atoms with Crippen LogP contribution in [0.1, 0.15) is 12.0 Å². The Morgan fingerprint density at radius 2 is 1.96 bits per heavy atom. The Bertz CT molecular complexity index is 918. The van der Waals surface area contributed by atoms with Gasteiger partial charge in [-0.2, -0.15) is 0 Å². The van der Waals surface area contributed by atoms with Gasteiger partial charge in [-0.25, -0.2) is 12.8 Å². The molecule has 8 heteroatoms. The summed E-state index contributed by atoms with van der Waals surface area (Å²) in [5, 5.41) is 0.543. The average molecular weight is 412 g/mol. The molecule has 144 valence electrons. The first-order valence-corrected chi connectivity index (χ1v) is 10.6. The third kappa shape index (κ3) is 5.43. The first kappa shape index (κ1) is 19.6. The fourth-order valence-electron chi connectivity index (χ4n) is 3.03. The van der Waals surface area contributed by atoms with Crippen molar-refractivity contribution in [2.75, 3.05) is 18.1 Å². The number of amides is 1. The number of hydrogen-bond acceptors (Lipinski definition) is 4. The molecule has 0 aliphatic carbocycles. The molecule has 27 heavy (non-hydrogen) atoms. The second-order valence-electron chi connectivity index (χ2n) is 6.45. The monoisotopic (exact) mass is 411 g/mol. The van der Waals surface area contributed by atoms with Crippen LogP contribution in [0.3, 0.4) is 0 Å². The average Bonchev–Trinajstić information content (AvgIpc) is 2.98. The first-order chi connectivity index (χ1) is 12.8. The Balaban J connectivity index is 1.73. The van der Waals surface area contributed by atoms with E-state index in [4.69, 9.17) is 16.3 Å². The van der Waals surface area contributed by atoms with Crippen LogP contribution in [-0.2, 0) is 21.2 Å². The second-order valence-corrected chi connectivity index (χ2v) is 9.12. The number of benzene rings is 2. The van der Waals surface area contributed by atoms with Crippen LogP contribution >= 0.6 is 11.6 Å². The molecule has 2 aromatic rings. The summed E-state index contributed by atoms with van der Waals surface area (Å²) in [5.74, 6) is -0.355. The van der Waals surface area contributed by atoms with Gasteiger partial charge in [-0.15, -0.1) is 0 Å². The van der Waals surface area contributed by atoms with E-state index in [2.05, 4.69) is 0 Å². The van der Waals surface area contributed by atoms with Crippen LogP contribution in [0.5, 0.6) is 5.75 Å². The lowest BCUT2D eigenvalue weighted by molar-refractivity contribution is -0.136. The molecule has 1 saturated heterocycles. The summed E-state index contributed by atoms with van der Waals surface area (Å²) in [5.41, 5.74) is 0.807. The van der Waals surface area contributed by atoms with Gasteiger partial charge in [0, 0.05) is 17.6 Å². The molecule has 0 spiro atoms. The maximum absolute atomic E-state index is 13.0. The number of rotatable bonds is 6. The first-order valence-electron chi connectivity index (χ1n) is 8.45. The van der Waals surface area contributed by atoms with Gasteiger partial charge in [-0.1, -0.05) is 23.7 Å². The van der Waals surface area contributed by atoms with Crippen molar-refractivity contribution in [2.24, 2.45) is 0 Å². The van der Waals surface area contributed by atoms with E-state index in [1.807, 2.05) is 6.07 Å². The molecule has 1 aliphatic rings. The summed E-state index contributed by atoms with van der Waals surface area (Å²) in [6, 6.07) is 12.0.